The minimum absolute atomic E-state index is 0.0208. The number of carbonyl (C=O) groups is 1. The van der Waals surface area contributed by atoms with Gasteiger partial charge in [0.2, 0.25) is 0 Å². The van der Waals surface area contributed by atoms with Crippen LogP contribution in [0.15, 0.2) is 0 Å². The number of methoxy groups -OCH3 is 1. The van der Waals surface area contributed by atoms with Crippen LogP contribution in [0.1, 0.15) is 32.1 Å². The summed E-state index contributed by atoms with van der Waals surface area (Å²) in [5, 5.41) is 0. The van der Waals surface area contributed by atoms with Gasteiger partial charge in [-0.2, -0.15) is 0 Å². The molecule has 0 radical (unpaired) electrons. The van der Waals surface area contributed by atoms with Gasteiger partial charge in [-0.05, 0) is 37.0 Å². The van der Waals surface area contributed by atoms with E-state index in [-0.39, 0.29) is 5.97 Å². The van der Waals surface area contributed by atoms with Gasteiger partial charge in [-0.25, -0.2) is 0 Å². The second kappa shape index (κ2) is 3.08. The molecule has 12 heavy (non-hydrogen) atoms. The summed E-state index contributed by atoms with van der Waals surface area (Å²) in [5.41, 5.74) is 0. The van der Waals surface area contributed by atoms with Crippen LogP contribution in [0, 0.1) is 17.8 Å². The van der Waals surface area contributed by atoms with Crippen molar-refractivity contribution in [1.82, 2.24) is 0 Å². The van der Waals surface area contributed by atoms with Gasteiger partial charge >= 0.3 is 5.97 Å². The summed E-state index contributed by atoms with van der Waals surface area (Å²) in [4.78, 5) is 11.0. The highest BCUT2D eigenvalue weighted by atomic mass is 16.5. The van der Waals surface area contributed by atoms with Gasteiger partial charge in [-0.1, -0.05) is 6.42 Å². The van der Waals surface area contributed by atoms with E-state index in [0.717, 1.165) is 11.8 Å². The Balaban J connectivity index is 1.86. The quantitative estimate of drug-likeness (QED) is 0.589. The molecule has 0 aromatic rings. The number of carbonyl (C=O) groups excluding carboxylic acids is 1. The van der Waals surface area contributed by atoms with E-state index in [4.69, 9.17) is 0 Å². The predicted molar refractivity (Wildman–Crippen MR) is 45.6 cm³/mol. The van der Waals surface area contributed by atoms with Crippen LogP contribution >= 0.6 is 0 Å². The zero-order chi connectivity index (χ0) is 8.55. The number of esters is 1. The highest BCUT2D eigenvalue weighted by Crippen LogP contribution is 2.49. The maximum Gasteiger partial charge on any atom is 0.305 e. The van der Waals surface area contributed by atoms with E-state index in [1.165, 1.54) is 32.8 Å². The van der Waals surface area contributed by atoms with Gasteiger partial charge in [-0.15, -0.1) is 0 Å². The third kappa shape index (κ3) is 1.35. The molecule has 2 bridgehead atoms. The van der Waals surface area contributed by atoms with E-state index >= 15 is 0 Å². The van der Waals surface area contributed by atoms with E-state index in [0.29, 0.717) is 12.3 Å². The molecule has 2 fully saturated rings. The first-order valence-corrected chi connectivity index (χ1v) is 4.86. The molecule has 0 N–H and O–H groups in total. The molecule has 0 saturated heterocycles. The van der Waals surface area contributed by atoms with Crippen molar-refractivity contribution in [3.05, 3.63) is 0 Å². The Morgan fingerprint density at radius 1 is 1.42 bits per heavy atom. The van der Waals surface area contributed by atoms with Gasteiger partial charge in [0.1, 0.15) is 0 Å². The van der Waals surface area contributed by atoms with Crippen LogP contribution in [0.3, 0.4) is 0 Å². The smallest absolute Gasteiger partial charge is 0.305 e. The topological polar surface area (TPSA) is 26.3 Å². The lowest BCUT2D eigenvalue weighted by atomic mass is 9.86. The van der Waals surface area contributed by atoms with E-state index in [2.05, 4.69) is 4.74 Å². The molecule has 2 rings (SSSR count). The molecule has 2 heteroatoms. The van der Waals surface area contributed by atoms with Crippen LogP contribution in [0.4, 0.5) is 0 Å². The maximum absolute atomic E-state index is 11.0. The zero-order valence-corrected chi connectivity index (χ0v) is 7.58. The fourth-order valence-corrected chi connectivity index (χ4v) is 2.92. The normalized spacial score (nSPS) is 38.6. The lowest BCUT2D eigenvalue weighted by Crippen LogP contribution is -2.15. The minimum Gasteiger partial charge on any atom is -0.469 e. The molecule has 2 aliphatic carbocycles. The summed E-state index contributed by atoms with van der Waals surface area (Å²) in [6, 6.07) is 0. The molecule has 0 heterocycles. The first kappa shape index (κ1) is 8.09. The average molecular weight is 168 g/mol. The maximum atomic E-state index is 11.0. The lowest BCUT2D eigenvalue weighted by molar-refractivity contribution is -0.142. The van der Waals surface area contributed by atoms with Gasteiger partial charge in [-0.3, -0.25) is 4.79 Å². The van der Waals surface area contributed by atoms with E-state index in [9.17, 15) is 4.79 Å². The summed E-state index contributed by atoms with van der Waals surface area (Å²) in [6.07, 6.45) is 6.08. The van der Waals surface area contributed by atoms with Gasteiger partial charge in [0.15, 0.2) is 0 Å². The Hall–Kier alpha value is -0.530. The second-order valence-electron chi connectivity index (χ2n) is 4.22. The summed E-state index contributed by atoms with van der Waals surface area (Å²) in [7, 11) is 1.48. The van der Waals surface area contributed by atoms with Crippen molar-refractivity contribution in [1.29, 1.82) is 0 Å². The molecule has 68 valence electrons. The summed E-state index contributed by atoms with van der Waals surface area (Å²) >= 11 is 0. The lowest BCUT2D eigenvalue weighted by Gasteiger charge is -2.19. The fraction of sp³-hybridized carbons (Fsp3) is 0.900. The van der Waals surface area contributed by atoms with Crippen molar-refractivity contribution in [2.45, 2.75) is 32.1 Å². The van der Waals surface area contributed by atoms with Crippen molar-refractivity contribution in [2.75, 3.05) is 7.11 Å². The van der Waals surface area contributed by atoms with Crippen LogP contribution in [0.25, 0.3) is 0 Å². The Morgan fingerprint density at radius 3 is 2.75 bits per heavy atom. The molecule has 0 unspecified atom stereocenters. The predicted octanol–water partition coefficient (Wildman–Crippen LogP) is 1.99. The highest BCUT2D eigenvalue weighted by Gasteiger charge is 2.40. The van der Waals surface area contributed by atoms with Crippen molar-refractivity contribution in [3.8, 4) is 0 Å². The monoisotopic (exact) mass is 168 g/mol. The number of fused-ring (bicyclic) bond motifs is 2. The fourth-order valence-electron chi connectivity index (χ4n) is 2.92. The molecule has 0 aliphatic heterocycles. The number of hydrogen-bond acceptors (Lipinski definition) is 2. The summed E-state index contributed by atoms with van der Waals surface area (Å²) < 4.78 is 4.68. The molecular weight excluding hydrogens is 152 g/mol. The molecule has 0 aromatic heterocycles. The Labute approximate surface area is 73.3 Å². The molecule has 2 nitrogen and oxygen atoms in total. The molecule has 3 atom stereocenters. The van der Waals surface area contributed by atoms with Crippen molar-refractivity contribution >= 4 is 5.97 Å². The Bertz CT molecular complexity index is 188. The molecule has 2 aliphatic rings. The van der Waals surface area contributed by atoms with Crippen LogP contribution in [0.2, 0.25) is 0 Å². The van der Waals surface area contributed by atoms with Gasteiger partial charge in [0.05, 0.1) is 7.11 Å². The third-order valence-electron chi connectivity index (χ3n) is 3.54. The molecular formula is C10H16O2. The SMILES string of the molecule is COC(=O)C[C@H]1C[C@@H]2CC[C@@H]1C2. The molecule has 0 aromatic carbocycles. The van der Waals surface area contributed by atoms with Crippen molar-refractivity contribution in [2.24, 2.45) is 17.8 Å². The summed E-state index contributed by atoms with van der Waals surface area (Å²) in [5.74, 6) is 2.41. The third-order valence-corrected chi connectivity index (χ3v) is 3.54. The highest BCUT2D eigenvalue weighted by molar-refractivity contribution is 5.69. The van der Waals surface area contributed by atoms with E-state index in [1.807, 2.05) is 0 Å². The minimum atomic E-state index is -0.0208. The number of rotatable bonds is 2. The molecule has 0 amide bonds. The second-order valence-corrected chi connectivity index (χ2v) is 4.22. The van der Waals surface area contributed by atoms with Crippen molar-refractivity contribution < 1.29 is 9.53 Å². The van der Waals surface area contributed by atoms with Crippen LogP contribution in [-0.2, 0) is 9.53 Å². The van der Waals surface area contributed by atoms with Crippen LogP contribution in [-0.4, -0.2) is 13.1 Å². The summed E-state index contributed by atoms with van der Waals surface area (Å²) in [6.45, 7) is 0. The van der Waals surface area contributed by atoms with Gasteiger partial charge < -0.3 is 4.74 Å². The number of ether oxygens (including phenoxy) is 1. The zero-order valence-electron chi connectivity index (χ0n) is 7.58. The van der Waals surface area contributed by atoms with Gasteiger partial charge in [0, 0.05) is 6.42 Å². The Morgan fingerprint density at radius 2 is 2.25 bits per heavy atom. The average Bonchev–Trinajstić information content (AvgIpc) is 2.64. The van der Waals surface area contributed by atoms with E-state index in [1.54, 1.807) is 0 Å². The van der Waals surface area contributed by atoms with Crippen molar-refractivity contribution in [3.63, 3.8) is 0 Å². The standard InChI is InChI=1S/C10H16O2/c1-12-10(11)6-9-5-7-2-3-8(9)4-7/h7-9H,2-6H2,1H3/t7-,8-,9-/m1/s1. The van der Waals surface area contributed by atoms with E-state index < -0.39 is 0 Å². The molecule has 2 saturated carbocycles. The first-order chi connectivity index (χ1) is 5.79. The Kier molecular flexibility index (Phi) is 2.07. The molecule has 0 spiro atoms. The number of hydrogen-bond donors (Lipinski definition) is 0. The largest absolute Gasteiger partial charge is 0.469 e. The first-order valence-electron chi connectivity index (χ1n) is 4.86. The van der Waals surface area contributed by atoms with Crippen LogP contribution in [0.5, 0.6) is 0 Å². The van der Waals surface area contributed by atoms with Crippen LogP contribution < -0.4 is 0 Å². The van der Waals surface area contributed by atoms with Gasteiger partial charge in [0.25, 0.3) is 0 Å².